The number of nitrogens with one attached hydrogen (secondary N) is 2. The Balaban J connectivity index is 1.63. The summed E-state index contributed by atoms with van der Waals surface area (Å²) in [5, 5.41) is 3.78. The van der Waals surface area contributed by atoms with Gasteiger partial charge in [0.15, 0.2) is 0 Å². The van der Waals surface area contributed by atoms with Gasteiger partial charge in [0.05, 0.1) is 22.5 Å². The fourth-order valence-corrected chi connectivity index (χ4v) is 4.85. The maximum absolute atomic E-state index is 12.9. The second-order valence-electron chi connectivity index (χ2n) is 7.09. The highest BCUT2D eigenvalue weighted by atomic mass is 32.2. The van der Waals surface area contributed by atoms with Crippen molar-refractivity contribution in [1.29, 1.82) is 0 Å². The standard InChI is InChI=1S/C19H20N4O3S2/c1-10-15-11(2)20-17(12-7-8-12)22-19(15)27-16(10)18(24)21-13-5-4-6-14(9-13)23-28(3,25)26/h4-6,9,12,23H,7-8H2,1-3H3,(H,21,24). The van der Waals surface area contributed by atoms with Gasteiger partial charge in [-0.25, -0.2) is 18.4 Å². The van der Waals surface area contributed by atoms with E-state index in [1.54, 1.807) is 24.3 Å². The van der Waals surface area contributed by atoms with Gasteiger partial charge in [-0.2, -0.15) is 0 Å². The van der Waals surface area contributed by atoms with Crippen molar-refractivity contribution >= 4 is 48.9 Å². The van der Waals surface area contributed by atoms with Gasteiger partial charge < -0.3 is 5.32 Å². The molecule has 1 aliphatic carbocycles. The number of sulfonamides is 1. The van der Waals surface area contributed by atoms with Crippen LogP contribution in [0.25, 0.3) is 10.2 Å². The Morgan fingerprint density at radius 1 is 1.18 bits per heavy atom. The molecule has 3 aromatic rings. The number of thiophene rings is 1. The molecule has 1 amide bonds. The predicted octanol–water partition coefficient (Wildman–Crippen LogP) is 3.81. The van der Waals surface area contributed by atoms with Crippen LogP contribution in [0.3, 0.4) is 0 Å². The van der Waals surface area contributed by atoms with Crippen LogP contribution in [0.15, 0.2) is 24.3 Å². The zero-order valence-corrected chi connectivity index (χ0v) is 17.4. The van der Waals surface area contributed by atoms with Crippen LogP contribution in [0.2, 0.25) is 0 Å². The first-order valence-corrected chi connectivity index (χ1v) is 11.6. The smallest absolute Gasteiger partial charge is 0.266 e. The summed E-state index contributed by atoms with van der Waals surface area (Å²) in [5.74, 6) is 1.08. The number of aromatic nitrogens is 2. The molecule has 2 heterocycles. The molecule has 9 heteroatoms. The van der Waals surface area contributed by atoms with Crippen molar-refractivity contribution < 1.29 is 13.2 Å². The molecule has 7 nitrogen and oxygen atoms in total. The third kappa shape index (κ3) is 3.85. The summed E-state index contributed by atoms with van der Waals surface area (Å²) in [5.41, 5.74) is 2.67. The Labute approximate surface area is 167 Å². The van der Waals surface area contributed by atoms with Crippen LogP contribution in [0.4, 0.5) is 11.4 Å². The molecule has 2 aromatic heterocycles. The first kappa shape index (κ1) is 18.8. The fraction of sp³-hybridized carbons (Fsp3) is 0.316. The Morgan fingerprint density at radius 2 is 1.89 bits per heavy atom. The summed E-state index contributed by atoms with van der Waals surface area (Å²) in [4.78, 5) is 23.6. The van der Waals surface area contributed by atoms with Crippen molar-refractivity contribution in [3.05, 3.63) is 46.2 Å². The maximum Gasteiger partial charge on any atom is 0.266 e. The molecule has 1 saturated carbocycles. The number of anilines is 2. The molecule has 146 valence electrons. The zero-order chi connectivity index (χ0) is 20.1. The Hall–Kier alpha value is -2.52. The average Bonchev–Trinajstić information content (AvgIpc) is 3.37. The second kappa shape index (κ2) is 6.82. The predicted molar refractivity (Wildman–Crippen MR) is 112 cm³/mol. The monoisotopic (exact) mass is 416 g/mol. The van der Waals surface area contributed by atoms with Crippen LogP contribution in [0.5, 0.6) is 0 Å². The minimum Gasteiger partial charge on any atom is -0.321 e. The van der Waals surface area contributed by atoms with Crippen molar-refractivity contribution in [1.82, 2.24) is 9.97 Å². The number of carbonyl (C=O) groups is 1. The van der Waals surface area contributed by atoms with Crippen LogP contribution in [0.1, 0.15) is 45.5 Å². The minimum absolute atomic E-state index is 0.246. The molecule has 1 aliphatic rings. The van der Waals surface area contributed by atoms with Gasteiger partial charge in [0, 0.05) is 17.0 Å². The third-order valence-corrected chi connectivity index (χ3v) is 6.35. The van der Waals surface area contributed by atoms with Gasteiger partial charge in [-0.3, -0.25) is 9.52 Å². The Morgan fingerprint density at radius 3 is 2.57 bits per heavy atom. The summed E-state index contributed by atoms with van der Waals surface area (Å²) in [6, 6.07) is 6.60. The first-order chi connectivity index (χ1) is 13.2. The molecule has 1 aromatic carbocycles. The van der Waals surface area contributed by atoms with Crippen molar-refractivity contribution in [2.24, 2.45) is 0 Å². The lowest BCUT2D eigenvalue weighted by molar-refractivity contribution is 0.103. The van der Waals surface area contributed by atoms with Crippen molar-refractivity contribution in [2.45, 2.75) is 32.6 Å². The molecule has 0 spiro atoms. The largest absolute Gasteiger partial charge is 0.321 e. The third-order valence-electron chi connectivity index (χ3n) is 4.56. The second-order valence-corrected chi connectivity index (χ2v) is 9.83. The van der Waals surface area contributed by atoms with Crippen LogP contribution < -0.4 is 10.0 Å². The summed E-state index contributed by atoms with van der Waals surface area (Å²) in [6.45, 7) is 3.86. The number of nitrogens with zero attached hydrogens (tertiary/aromatic N) is 2. The van der Waals surface area contributed by atoms with Crippen molar-refractivity contribution in [3.8, 4) is 0 Å². The molecule has 0 radical (unpaired) electrons. The lowest BCUT2D eigenvalue weighted by Crippen LogP contribution is -2.13. The van der Waals surface area contributed by atoms with E-state index >= 15 is 0 Å². The quantitative estimate of drug-likeness (QED) is 0.659. The van der Waals surface area contributed by atoms with Gasteiger partial charge in [0.2, 0.25) is 10.0 Å². The van der Waals surface area contributed by atoms with E-state index in [9.17, 15) is 13.2 Å². The molecule has 4 rings (SSSR count). The van der Waals surface area contributed by atoms with E-state index in [-0.39, 0.29) is 5.91 Å². The van der Waals surface area contributed by atoms with Gasteiger partial charge >= 0.3 is 0 Å². The number of rotatable bonds is 5. The van der Waals surface area contributed by atoms with Gasteiger partial charge in [-0.05, 0) is 50.5 Å². The van der Waals surface area contributed by atoms with Gasteiger partial charge in [-0.1, -0.05) is 6.07 Å². The SMILES string of the molecule is Cc1nc(C2CC2)nc2sc(C(=O)Nc3cccc(NS(C)(=O)=O)c3)c(C)c12. The molecule has 2 N–H and O–H groups in total. The Kier molecular flexibility index (Phi) is 4.59. The van der Waals surface area contributed by atoms with E-state index in [1.807, 2.05) is 13.8 Å². The highest BCUT2D eigenvalue weighted by molar-refractivity contribution is 7.92. The van der Waals surface area contributed by atoms with E-state index in [1.165, 1.54) is 11.3 Å². The maximum atomic E-state index is 12.9. The summed E-state index contributed by atoms with van der Waals surface area (Å²) in [6.07, 6.45) is 3.33. The normalized spacial score (nSPS) is 14.2. The van der Waals surface area contributed by atoms with E-state index < -0.39 is 10.0 Å². The topological polar surface area (TPSA) is 101 Å². The number of fused-ring (bicyclic) bond motifs is 1. The van der Waals surface area contributed by atoms with E-state index in [0.29, 0.717) is 22.2 Å². The minimum atomic E-state index is -3.39. The first-order valence-electron chi connectivity index (χ1n) is 8.88. The molecule has 0 aliphatic heterocycles. The van der Waals surface area contributed by atoms with Gasteiger partial charge in [0.25, 0.3) is 5.91 Å². The summed E-state index contributed by atoms with van der Waals surface area (Å²) < 4.78 is 25.2. The number of aryl methyl sites for hydroxylation is 2. The highest BCUT2D eigenvalue weighted by Crippen LogP contribution is 2.40. The molecule has 0 bridgehead atoms. The van der Waals surface area contributed by atoms with Crippen LogP contribution >= 0.6 is 11.3 Å². The molecule has 0 saturated heterocycles. The lowest BCUT2D eigenvalue weighted by atomic mass is 10.1. The number of hydrogen-bond acceptors (Lipinski definition) is 6. The van der Waals surface area contributed by atoms with Crippen LogP contribution in [0, 0.1) is 13.8 Å². The molecule has 0 atom stereocenters. The van der Waals surface area contributed by atoms with E-state index in [0.717, 1.165) is 46.4 Å². The Bertz CT molecular complexity index is 1200. The highest BCUT2D eigenvalue weighted by Gasteiger charge is 2.28. The van der Waals surface area contributed by atoms with Crippen LogP contribution in [-0.2, 0) is 10.0 Å². The fourth-order valence-electron chi connectivity index (χ4n) is 3.16. The lowest BCUT2D eigenvalue weighted by Gasteiger charge is -2.08. The molecule has 28 heavy (non-hydrogen) atoms. The van der Waals surface area contributed by atoms with Crippen LogP contribution in [-0.4, -0.2) is 30.5 Å². The number of amides is 1. The number of hydrogen-bond donors (Lipinski definition) is 2. The summed E-state index contributed by atoms with van der Waals surface area (Å²) in [7, 11) is -3.39. The molecular formula is C19H20N4O3S2. The zero-order valence-electron chi connectivity index (χ0n) is 15.7. The average molecular weight is 417 g/mol. The number of carbonyl (C=O) groups excluding carboxylic acids is 1. The number of benzene rings is 1. The van der Waals surface area contributed by atoms with E-state index in [4.69, 9.17) is 0 Å². The van der Waals surface area contributed by atoms with E-state index in [2.05, 4.69) is 20.0 Å². The van der Waals surface area contributed by atoms with Crippen molar-refractivity contribution in [3.63, 3.8) is 0 Å². The summed E-state index contributed by atoms with van der Waals surface area (Å²) >= 11 is 1.36. The van der Waals surface area contributed by atoms with Gasteiger partial charge in [-0.15, -0.1) is 11.3 Å². The van der Waals surface area contributed by atoms with Crippen molar-refractivity contribution in [2.75, 3.05) is 16.3 Å². The molecule has 1 fully saturated rings. The van der Waals surface area contributed by atoms with Gasteiger partial charge in [0.1, 0.15) is 10.7 Å². The molecular weight excluding hydrogens is 396 g/mol. The molecule has 0 unspecified atom stereocenters.